The second-order valence-electron chi connectivity index (χ2n) is 8.43. The number of benzene rings is 4. The van der Waals surface area contributed by atoms with Crippen molar-refractivity contribution in [2.24, 2.45) is 0 Å². The molecule has 0 spiro atoms. The van der Waals surface area contributed by atoms with E-state index in [1.165, 1.54) is 4.42 Å². The number of ether oxygens (including phenoxy) is 2. The number of halogens is 1. The molecule has 0 atom stereocenters. The van der Waals surface area contributed by atoms with Crippen LogP contribution in [0.2, 0.25) is 0 Å². The molecule has 0 saturated heterocycles. The van der Waals surface area contributed by atoms with E-state index in [1.807, 2.05) is 78.9 Å². The van der Waals surface area contributed by atoms with E-state index in [4.69, 9.17) is 21.3 Å². The summed E-state index contributed by atoms with van der Waals surface area (Å²) in [5.74, 6) is 0.682. The first-order valence-corrected chi connectivity index (χ1v) is 12.5. The molecule has 0 saturated carbocycles. The molecule has 4 aromatic carbocycles. The molecule has 0 N–H and O–H groups in total. The van der Waals surface area contributed by atoms with Crippen LogP contribution < -0.4 is 4.74 Å². The van der Waals surface area contributed by atoms with Crippen LogP contribution in [0.5, 0.6) is 11.5 Å². The minimum absolute atomic E-state index is 0.184. The summed E-state index contributed by atoms with van der Waals surface area (Å²) in [5.41, 5.74) is 4.25. The Morgan fingerprint density at radius 1 is 0.811 bits per heavy atom. The number of carbonyl (C=O) groups is 2. The third-order valence-electron chi connectivity index (χ3n) is 5.77. The summed E-state index contributed by atoms with van der Waals surface area (Å²) in [6, 6.07) is 32.3. The van der Waals surface area contributed by atoms with E-state index in [0.717, 1.165) is 22.3 Å². The van der Waals surface area contributed by atoms with Gasteiger partial charge in [0.1, 0.15) is 11.5 Å². The Hall–Kier alpha value is -4.09. The van der Waals surface area contributed by atoms with Gasteiger partial charge in [0.2, 0.25) is 0 Å². The van der Waals surface area contributed by atoms with Gasteiger partial charge in [-0.1, -0.05) is 66.7 Å². The molecule has 4 aromatic rings. The molecule has 188 valence electrons. The van der Waals surface area contributed by atoms with Crippen LogP contribution >= 0.6 is 11.8 Å². The molecule has 0 aliphatic carbocycles. The second-order valence-corrected chi connectivity index (χ2v) is 8.84. The van der Waals surface area contributed by atoms with Gasteiger partial charge < -0.3 is 9.47 Å². The number of hydrogen-bond acceptors (Lipinski definition) is 4. The highest BCUT2D eigenvalue weighted by molar-refractivity contribution is 6.24. The Morgan fingerprint density at radius 2 is 1.49 bits per heavy atom. The quantitative estimate of drug-likeness (QED) is 0.168. The number of esters is 1. The van der Waals surface area contributed by atoms with Crippen molar-refractivity contribution in [2.45, 2.75) is 19.8 Å². The van der Waals surface area contributed by atoms with Gasteiger partial charge in [0.25, 0.3) is 5.91 Å². The van der Waals surface area contributed by atoms with Gasteiger partial charge >= 0.3 is 5.97 Å². The third kappa shape index (κ3) is 7.21. The zero-order valence-electron chi connectivity index (χ0n) is 20.6. The van der Waals surface area contributed by atoms with Gasteiger partial charge in [0, 0.05) is 29.4 Å². The van der Waals surface area contributed by atoms with E-state index in [-0.39, 0.29) is 18.3 Å². The molecule has 0 aromatic heterocycles. The van der Waals surface area contributed by atoms with E-state index in [9.17, 15) is 9.59 Å². The van der Waals surface area contributed by atoms with Gasteiger partial charge in [-0.05, 0) is 66.4 Å². The fraction of sp³-hybridized carbons (Fsp3) is 0.161. The van der Waals surface area contributed by atoms with Crippen molar-refractivity contribution in [2.75, 3.05) is 13.2 Å². The van der Waals surface area contributed by atoms with Crippen molar-refractivity contribution >= 4 is 23.7 Å². The summed E-state index contributed by atoms with van der Waals surface area (Å²) in [5, 5.41) is 0. The lowest BCUT2D eigenvalue weighted by molar-refractivity contribution is -0.142. The summed E-state index contributed by atoms with van der Waals surface area (Å²) in [6.45, 7) is 2.54. The summed E-state index contributed by atoms with van der Waals surface area (Å²) in [4.78, 5) is 24.8. The maximum Gasteiger partial charge on any atom is 0.310 e. The lowest BCUT2D eigenvalue weighted by atomic mass is 10.0. The Balaban J connectivity index is 1.47. The highest BCUT2D eigenvalue weighted by Gasteiger charge is 2.15. The first-order chi connectivity index (χ1) is 18.0. The summed E-state index contributed by atoms with van der Waals surface area (Å²) < 4.78 is 12.5. The van der Waals surface area contributed by atoms with Crippen LogP contribution in [-0.2, 0) is 22.4 Å². The minimum atomic E-state index is -0.271. The van der Waals surface area contributed by atoms with Crippen molar-refractivity contribution in [1.29, 1.82) is 0 Å². The van der Waals surface area contributed by atoms with Crippen LogP contribution in [-0.4, -0.2) is 29.4 Å². The van der Waals surface area contributed by atoms with E-state index in [1.54, 1.807) is 31.2 Å². The fourth-order valence-electron chi connectivity index (χ4n) is 3.90. The lowest BCUT2D eigenvalue weighted by Crippen LogP contribution is -2.23. The molecular formula is C31H28ClNO4. The van der Waals surface area contributed by atoms with Crippen LogP contribution in [0.15, 0.2) is 103 Å². The first kappa shape index (κ1) is 26.0. The molecule has 37 heavy (non-hydrogen) atoms. The molecule has 0 fully saturated rings. The maximum absolute atomic E-state index is 12.8. The Kier molecular flexibility index (Phi) is 8.95. The number of nitrogens with zero attached hydrogens (tertiary/aromatic N) is 1. The molecule has 0 aliphatic heterocycles. The predicted molar refractivity (Wildman–Crippen MR) is 146 cm³/mol. The van der Waals surface area contributed by atoms with Gasteiger partial charge in [-0.15, -0.1) is 0 Å². The number of carbonyl (C=O) groups excluding carboxylic acids is 2. The first-order valence-electron chi connectivity index (χ1n) is 12.2. The van der Waals surface area contributed by atoms with E-state index in [2.05, 4.69) is 0 Å². The van der Waals surface area contributed by atoms with Crippen LogP contribution in [0.3, 0.4) is 0 Å². The lowest BCUT2D eigenvalue weighted by Gasteiger charge is -2.15. The van der Waals surface area contributed by atoms with E-state index in [0.29, 0.717) is 36.6 Å². The number of hydrogen-bond donors (Lipinski definition) is 0. The van der Waals surface area contributed by atoms with Crippen molar-refractivity contribution < 1.29 is 19.1 Å². The second kappa shape index (κ2) is 12.7. The number of amides is 1. The fourth-order valence-corrected chi connectivity index (χ4v) is 4.09. The molecule has 1 amide bonds. The van der Waals surface area contributed by atoms with Crippen molar-refractivity contribution in [3.05, 3.63) is 120 Å². The highest BCUT2D eigenvalue weighted by Crippen LogP contribution is 2.34. The van der Waals surface area contributed by atoms with Gasteiger partial charge in [-0.25, -0.2) is 0 Å². The van der Waals surface area contributed by atoms with Gasteiger partial charge in [0.05, 0.1) is 13.0 Å². The highest BCUT2D eigenvalue weighted by atomic mass is 35.5. The molecular weight excluding hydrogens is 486 g/mol. The van der Waals surface area contributed by atoms with Crippen molar-refractivity contribution in [1.82, 2.24) is 4.42 Å². The summed E-state index contributed by atoms with van der Waals surface area (Å²) >= 11 is 6.26. The Labute approximate surface area is 222 Å². The largest absolute Gasteiger partial charge is 0.466 e. The maximum atomic E-state index is 12.8. The van der Waals surface area contributed by atoms with Crippen LogP contribution in [0.4, 0.5) is 0 Å². The van der Waals surface area contributed by atoms with E-state index < -0.39 is 0 Å². The third-order valence-corrected chi connectivity index (χ3v) is 6.09. The normalized spacial score (nSPS) is 10.5. The predicted octanol–water partition coefficient (Wildman–Crippen LogP) is 7.09. The standard InChI is InChI=1S/C31H28ClNO4/c1-2-36-30(34)22-24-13-18-29(28(21-24)25-11-7-4-8-12-25)37-27-16-14-26(15-17-27)31(35)33(32)20-19-23-9-5-3-6-10-23/h3-18,21H,2,19-20,22H2,1H3. The smallest absolute Gasteiger partial charge is 0.310 e. The molecule has 6 heteroatoms. The topological polar surface area (TPSA) is 55.8 Å². The minimum Gasteiger partial charge on any atom is -0.466 e. The van der Waals surface area contributed by atoms with Gasteiger partial charge in [-0.2, -0.15) is 0 Å². The van der Waals surface area contributed by atoms with Gasteiger partial charge in [-0.3, -0.25) is 14.0 Å². The van der Waals surface area contributed by atoms with Crippen LogP contribution in [0.1, 0.15) is 28.4 Å². The monoisotopic (exact) mass is 513 g/mol. The van der Waals surface area contributed by atoms with Gasteiger partial charge in [0.15, 0.2) is 0 Å². The zero-order valence-corrected chi connectivity index (χ0v) is 21.4. The molecule has 0 aliphatic rings. The summed E-state index contributed by atoms with van der Waals surface area (Å²) in [6.07, 6.45) is 0.857. The SMILES string of the molecule is CCOC(=O)Cc1ccc(Oc2ccc(C(=O)N(Cl)CCc3ccccc3)cc2)c(-c2ccccc2)c1. The Morgan fingerprint density at radius 3 is 2.16 bits per heavy atom. The molecule has 0 radical (unpaired) electrons. The average Bonchev–Trinajstić information content (AvgIpc) is 2.93. The molecule has 0 bridgehead atoms. The van der Waals surface area contributed by atoms with Crippen molar-refractivity contribution in [3.63, 3.8) is 0 Å². The zero-order chi connectivity index (χ0) is 26.0. The molecule has 0 heterocycles. The molecule has 0 unspecified atom stereocenters. The number of rotatable bonds is 10. The summed E-state index contributed by atoms with van der Waals surface area (Å²) in [7, 11) is 0. The average molecular weight is 514 g/mol. The Bertz CT molecular complexity index is 1320. The molecule has 4 rings (SSSR count). The molecule has 5 nitrogen and oxygen atoms in total. The van der Waals surface area contributed by atoms with Crippen LogP contribution in [0.25, 0.3) is 11.1 Å². The van der Waals surface area contributed by atoms with Crippen molar-refractivity contribution in [3.8, 4) is 22.6 Å². The van der Waals surface area contributed by atoms with Crippen LogP contribution in [0, 0.1) is 0 Å². The van der Waals surface area contributed by atoms with E-state index >= 15 is 0 Å².